The Bertz CT molecular complexity index is 225. The number of rotatable bonds is 6. The molecule has 106 valence electrons. The van der Waals surface area contributed by atoms with E-state index in [9.17, 15) is 0 Å². The lowest BCUT2D eigenvalue weighted by molar-refractivity contribution is 0.0869. The van der Waals surface area contributed by atoms with E-state index >= 15 is 0 Å². The summed E-state index contributed by atoms with van der Waals surface area (Å²) in [7, 11) is 0. The number of fused-ring (bicyclic) bond motifs is 1. The third kappa shape index (κ3) is 3.96. The van der Waals surface area contributed by atoms with Gasteiger partial charge in [-0.1, -0.05) is 33.1 Å². The highest BCUT2D eigenvalue weighted by atomic mass is 15.1. The van der Waals surface area contributed by atoms with E-state index in [1.165, 1.54) is 71.1 Å². The number of likely N-dealkylation sites (tertiary alicyclic amines) is 1. The van der Waals surface area contributed by atoms with Crippen molar-refractivity contribution in [3.05, 3.63) is 0 Å². The predicted octanol–water partition coefficient (Wildman–Crippen LogP) is 3.28. The Hall–Kier alpha value is -0.0800. The summed E-state index contributed by atoms with van der Waals surface area (Å²) in [5, 5.41) is 3.70. The van der Waals surface area contributed by atoms with Crippen LogP contribution in [0.15, 0.2) is 0 Å². The van der Waals surface area contributed by atoms with Crippen molar-refractivity contribution in [1.29, 1.82) is 0 Å². The van der Waals surface area contributed by atoms with Crippen LogP contribution >= 0.6 is 0 Å². The average molecular weight is 252 g/mol. The normalized spacial score (nSPS) is 29.5. The molecule has 0 aromatic rings. The van der Waals surface area contributed by atoms with Crippen molar-refractivity contribution >= 4 is 0 Å². The summed E-state index contributed by atoms with van der Waals surface area (Å²) in [6.45, 7) is 9.76. The second kappa shape index (κ2) is 7.49. The molecule has 2 rings (SSSR count). The SMILES string of the molecule is CCC(CC)NCCN1CCC2CCCCC2C1. The number of piperidine rings is 1. The molecule has 1 saturated carbocycles. The van der Waals surface area contributed by atoms with Crippen molar-refractivity contribution in [3.8, 4) is 0 Å². The van der Waals surface area contributed by atoms with Gasteiger partial charge in [0, 0.05) is 25.7 Å². The molecule has 18 heavy (non-hydrogen) atoms. The van der Waals surface area contributed by atoms with Gasteiger partial charge in [0.05, 0.1) is 0 Å². The number of nitrogens with zero attached hydrogens (tertiary/aromatic N) is 1. The molecular formula is C16H32N2. The Kier molecular flexibility index (Phi) is 5.97. The van der Waals surface area contributed by atoms with Crippen LogP contribution in [-0.4, -0.2) is 37.1 Å². The van der Waals surface area contributed by atoms with Gasteiger partial charge in [0.25, 0.3) is 0 Å². The highest BCUT2D eigenvalue weighted by Gasteiger charge is 2.30. The molecule has 2 nitrogen and oxygen atoms in total. The lowest BCUT2D eigenvalue weighted by Crippen LogP contribution is -2.45. The summed E-state index contributed by atoms with van der Waals surface area (Å²) in [5.41, 5.74) is 0. The molecule has 2 atom stereocenters. The molecule has 0 radical (unpaired) electrons. The molecule has 0 aromatic heterocycles. The van der Waals surface area contributed by atoms with Crippen LogP contribution in [0.3, 0.4) is 0 Å². The zero-order valence-corrected chi connectivity index (χ0v) is 12.5. The van der Waals surface area contributed by atoms with Gasteiger partial charge < -0.3 is 10.2 Å². The van der Waals surface area contributed by atoms with Crippen LogP contribution in [0.4, 0.5) is 0 Å². The Morgan fingerprint density at radius 3 is 2.50 bits per heavy atom. The van der Waals surface area contributed by atoms with Crippen LogP contribution in [0.2, 0.25) is 0 Å². The first-order valence-electron chi connectivity index (χ1n) is 8.29. The summed E-state index contributed by atoms with van der Waals surface area (Å²) in [6, 6.07) is 0.734. The van der Waals surface area contributed by atoms with Crippen LogP contribution in [0.1, 0.15) is 58.8 Å². The van der Waals surface area contributed by atoms with Gasteiger partial charge in [0.2, 0.25) is 0 Å². The molecule has 2 aliphatic rings. The van der Waals surface area contributed by atoms with E-state index in [0.717, 1.165) is 17.9 Å². The summed E-state index contributed by atoms with van der Waals surface area (Å²) in [6.07, 6.45) is 10.0. The number of hydrogen-bond acceptors (Lipinski definition) is 2. The van der Waals surface area contributed by atoms with E-state index in [2.05, 4.69) is 24.1 Å². The summed E-state index contributed by atoms with van der Waals surface area (Å²) in [4.78, 5) is 2.71. The minimum absolute atomic E-state index is 0.734. The molecule has 1 N–H and O–H groups in total. The third-order valence-electron chi connectivity index (χ3n) is 5.22. The topological polar surface area (TPSA) is 15.3 Å². The minimum Gasteiger partial charge on any atom is -0.313 e. The Labute approximate surface area is 114 Å². The maximum atomic E-state index is 3.70. The molecule has 1 aliphatic heterocycles. The second-order valence-electron chi connectivity index (χ2n) is 6.36. The Morgan fingerprint density at radius 2 is 1.78 bits per heavy atom. The van der Waals surface area contributed by atoms with Crippen LogP contribution in [0.25, 0.3) is 0 Å². The van der Waals surface area contributed by atoms with Crippen molar-refractivity contribution in [2.24, 2.45) is 11.8 Å². The first-order chi connectivity index (χ1) is 8.83. The van der Waals surface area contributed by atoms with Gasteiger partial charge in [0.1, 0.15) is 0 Å². The highest BCUT2D eigenvalue weighted by molar-refractivity contribution is 4.83. The van der Waals surface area contributed by atoms with Crippen LogP contribution in [0.5, 0.6) is 0 Å². The molecule has 0 bridgehead atoms. The fourth-order valence-electron chi connectivity index (χ4n) is 3.88. The molecule has 0 amide bonds. The Balaban J connectivity index is 1.65. The quantitative estimate of drug-likeness (QED) is 0.780. The van der Waals surface area contributed by atoms with E-state index in [1.807, 2.05) is 0 Å². The number of hydrogen-bond donors (Lipinski definition) is 1. The third-order valence-corrected chi connectivity index (χ3v) is 5.22. The van der Waals surface area contributed by atoms with E-state index in [-0.39, 0.29) is 0 Å². The van der Waals surface area contributed by atoms with Crippen molar-refractivity contribution in [3.63, 3.8) is 0 Å². The molecule has 2 heteroatoms. The van der Waals surface area contributed by atoms with Gasteiger partial charge >= 0.3 is 0 Å². The van der Waals surface area contributed by atoms with Gasteiger partial charge in [-0.25, -0.2) is 0 Å². The van der Waals surface area contributed by atoms with E-state index in [0.29, 0.717) is 0 Å². The summed E-state index contributed by atoms with van der Waals surface area (Å²) >= 11 is 0. The van der Waals surface area contributed by atoms with Crippen molar-refractivity contribution in [2.45, 2.75) is 64.8 Å². The summed E-state index contributed by atoms with van der Waals surface area (Å²) in [5.74, 6) is 2.10. The van der Waals surface area contributed by atoms with E-state index < -0.39 is 0 Å². The highest BCUT2D eigenvalue weighted by Crippen LogP contribution is 2.35. The molecule has 2 unspecified atom stereocenters. The molecule has 1 aliphatic carbocycles. The standard InChI is InChI=1S/C16H32N2/c1-3-16(4-2)17-10-12-18-11-9-14-7-5-6-8-15(14)13-18/h14-17H,3-13H2,1-2H3. The fraction of sp³-hybridized carbons (Fsp3) is 1.00. The average Bonchev–Trinajstić information content (AvgIpc) is 2.43. The van der Waals surface area contributed by atoms with E-state index in [1.54, 1.807) is 0 Å². The molecule has 0 aromatic carbocycles. The number of nitrogens with one attached hydrogen (secondary N) is 1. The minimum atomic E-state index is 0.734. The first kappa shape index (κ1) is 14.3. The fourth-order valence-corrected chi connectivity index (χ4v) is 3.88. The molecule has 2 fully saturated rings. The van der Waals surface area contributed by atoms with Gasteiger partial charge in [0.15, 0.2) is 0 Å². The zero-order chi connectivity index (χ0) is 12.8. The van der Waals surface area contributed by atoms with Crippen LogP contribution in [-0.2, 0) is 0 Å². The predicted molar refractivity (Wildman–Crippen MR) is 78.9 cm³/mol. The van der Waals surface area contributed by atoms with Crippen LogP contribution in [0, 0.1) is 11.8 Å². The maximum absolute atomic E-state index is 3.70. The van der Waals surface area contributed by atoms with Gasteiger partial charge in [-0.15, -0.1) is 0 Å². The van der Waals surface area contributed by atoms with Crippen molar-refractivity contribution in [1.82, 2.24) is 10.2 Å². The molecule has 0 spiro atoms. The van der Waals surface area contributed by atoms with Gasteiger partial charge in [-0.05, 0) is 44.1 Å². The molecule has 1 heterocycles. The second-order valence-corrected chi connectivity index (χ2v) is 6.36. The van der Waals surface area contributed by atoms with Crippen LogP contribution < -0.4 is 5.32 Å². The maximum Gasteiger partial charge on any atom is 0.0107 e. The van der Waals surface area contributed by atoms with Crippen molar-refractivity contribution < 1.29 is 0 Å². The van der Waals surface area contributed by atoms with E-state index in [4.69, 9.17) is 0 Å². The van der Waals surface area contributed by atoms with Gasteiger partial charge in [-0.2, -0.15) is 0 Å². The monoisotopic (exact) mass is 252 g/mol. The smallest absolute Gasteiger partial charge is 0.0107 e. The first-order valence-corrected chi connectivity index (χ1v) is 8.29. The lowest BCUT2D eigenvalue weighted by atomic mass is 9.75. The molecular weight excluding hydrogens is 220 g/mol. The van der Waals surface area contributed by atoms with Gasteiger partial charge in [-0.3, -0.25) is 0 Å². The Morgan fingerprint density at radius 1 is 1.06 bits per heavy atom. The summed E-state index contributed by atoms with van der Waals surface area (Å²) < 4.78 is 0. The largest absolute Gasteiger partial charge is 0.313 e. The zero-order valence-electron chi connectivity index (χ0n) is 12.5. The molecule has 1 saturated heterocycles. The lowest BCUT2D eigenvalue weighted by Gasteiger charge is -2.41. The van der Waals surface area contributed by atoms with Crippen molar-refractivity contribution in [2.75, 3.05) is 26.2 Å².